The second-order valence-electron chi connectivity index (χ2n) is 3.28. The fourth-order valence-corrected chi connectivity index (χ4v) is 2.01. The van der Waals surface area contributed by atoms with Crippen LogP contribution in [-0.2, 0) is 0 Å². The standard InChI is InChI=1S/C12H7Cl2IN2/c13-8-2-1-3-10(6-8)16-17-12-7-9(14)4-5-11(12)15/h1-7H. The van der Waals surface area contributed by atoms with Crippen molar-refractivity contribution in [3.8, 4) is 0 Å². The first-order chi connectivity index (χ1) is 8.15. The molecule has 86 valence electrons. The van der Waals surface area contributed by atoms with Crippen LogP contribution in [0.25, 0.3) is 0 Å². The highest BCUT2D eigenvalue weighted by Crippen LogP contribution is 2.27. The third-order valence-corrected chi connectivity index (χ3v) is 3.37. The molecule has 0 fully saturated rings. The van der Waals surface area contributed by atoms with Crippen LogP contribution in [0.2, 0.25) is 10.0 Å². The lowest BCUT2D eigenvalue weighted by molar-refractivity contribution is 1.22. The molecule has 0 spiro atoms. The summed E-state index contributed by atoms with van der Waals surface area (Å²) in [4.78, 5) is 0. The van der Waals surface area contributed by atoms with Crippen molar-refractivity contribution in [3.63, 3.8) is 0 Å². The first-order valence-corrected chi connectivity index (χ1v) is 6.61. The van der Waals surface area contributed by atoms with Gasteiger partial charge in [0.25, 0.3) is 0 Å². The molecule has 2 aromatic rings. The molecule has 0 amide bonds. The Morgan fingerprint density at radius 3 is 2.41 bits per heavy atom. The minimum Gasteiger partial charge on any atom is -0.150 e. The Bertz CT molecular complexity index is 570. The first kappa shape index (κ1) is 12.8. The van der Waals surface area contributed by atoms with Gasteiger partial charge >= 0.3 is 0 Å². The van der Waals surface area contributed by atoms with Crippen LogP contribution in [0.15, 0.2) is 52.7 Å². The maximum Gasteiger partial charge on any atom is 0.100 e. The normalized spacial score (nSPS) is 11.0. The van der Waals surface area contributed by atoms with Crippen molar-refractivity contribution in [3.05, 3.63) is 56.1 Å². The van der Waals surface area contributed by atoms with Crippen LogP contribution in [0.1, 0.15) is 0 Å². The highest BCUT2D eigenvalue weighted by molar-refractivity contribution is 14.1. The molecule has 2 aromatic carbocycles. The lowest BCUT2D eigenvalue weighted by Crippen LogP contribution is -1.72. The van der Waals surface area contributed by atoms with Gasteiger partial charge in [-0.1, -0.05) is 29.3 Å². The van der Waals surface area contributed by atoms with Crippen LogP contribution in [-0.4, -0.2) is 0 Å². The Balaban J connectivity index is 2.29. The van der Waals surface area contributed by atoms with Crippen LogP contribution < -0.4 is 0 Å². The van der Waals surface area contributed by atoms with Crippen molar-refractivity contribution < 1.29 is 0 Å². The van der Waals surface area contributed by atoms with Crippen molar-refractivity contribution in [2.24, 2.45) is 10.2 Å². The zero-order valence-corrected chi connectivity index (χ0v) is 12.2. The zero-order chi connectivity index (χ0) is 12.3. The van der Waals surface area contributed by atoms with E-state index >= 15 is 0 Å². The summed E-state index contributed by atoms with van der Waals surface area (Å²) in [6, 6.07) is 12.7. The van der Waals surface area contributed by atoms with E-state index in [2.05, 4.69) is 32.8 Å². The molecule has 5 heteroatoms. The maximum atomic E-state index is 5.90. The molecule has 0 saturated carbocycles. The van der Waals surface area contributed by atoms with E-state index in [1.54, 1.807) is 18.2 Å². The molecule has 17 heavy (non-hydrogen) atoms. The summed E-state index contributed by atoms with van der Waals surface area (Å²) < 4.78 is 0.998. The molecule has 0 aliphatic rings. The fraction of sp³-hybridized carbons (Fsp3) is 0. The molecular formula is C12H7Cl2IN2. The molecule has 2 nitrogen and oxygen atoms in total. The average molecular weight is 377 g/mol. The molecule has 0 aliphatic heterocycles. The Kier molecular flexibility index (Phi) is 4.36. The van der Waals surface area contributed by atoms with E-state index in [0.29, 0.717) is 15.7 Å². The SMILES string of the molecule is Clc1cccc(N=Nc2cc(Cl)ccc2I)c1. The molecule has 0 aromatic heterocycles. The fourth-order valence-electron chi connectivity index (χ4n) is 1.21. The Hall–Kier alpha value is -0.650. The number of halogens is 3. The second-order valence-corrected chi connectivity index (χ2v) is 5.31. The zero-order valence-electron chi connectivity index (χ0n) is 8.57. The summed E-state index contributed by atoms with van der Waals surface area (Å²) in [5.74, 6) is 0. The summed E-state index contributed by atoms with van der Waals surface area (Å²) in [5.41, 5.74) is 1.46. The maximum absolute atomic E-state index is 5.90. The molecule has 0 atom stereocenters. The second kappa shape index (κ2) is 5.80. The van der Waals surface area contributed by atoms with Crippen LogP contribution in [0.5, 0.6) is 0 Å². The van der Waals surface area contributed by atoms with E-state index in [1.807, 2.05) is 24.3 Å². The van der Waals surface area contributed by atoms with Crippen LogP contribution >= 0.6 is 45.8 Å². The van der Waals surface area contributed by atoms with Gasteiger partial charge in [-0.15, -0.1) is 5.11 Å². The Labute approximate surface area is 123 Å². The van der Waals surface area contributed by atoms with Gasteiger partial charge in [-0.25, -0.2) is 0 Å². The number of rotatable bonds is 2. The molecule has 0 heterocycles. The number of hydrogen-bond acceptors (Lipinski definition) is 2. The van der Waals surface area contributed by atoms with Gasteiger partial charge in [-0.2, -0.15) is 5.11 Å². The van der Waals surface area contributed by atoms with Gasteiger partial charge in [-0.05, 0) is 59.0 Å². The first-order valence-electron chi connectivity index (χ1n) is 4.77. The quantitative estimate of drug-likeness (QED) is 0.452. The summed E-state index contributed by atoms with van der Waals surface area (Å²) in [5, 5.41) is 9.55. The molecule has 2 rings (SSSR count). The van der Waals surface area contributed by atoms with E-state index in [9.17, 15) is 0 Å². The largest absolute Gasteiger partial charge is 0.150 e. The van der Waals surface area contributed by atoms with Gasteiger partial charge < -0.3 is 0 Å². The van der Waals surface area contributed by atoms with Crippen LogP contribution in [0.3, 0.4) is 0 Å². The van der Waals surface area contributed by atoms with Crippen LogP contribution in [0, 0.1) is 3.57 Å². The highest BCUT2D eigenvalue weighted by atomic mass is 127. The van der Waals surface area contributed by atoms with Gasteiger partial charge in [0, 0.05) is 13.6 Å². The summed E-state index contributed by atoms with van der Waals surface area (Å²) >= 11 is 13.9. The van der Waals surface area contributed by atoms with Crippen molar-refractivity contribution in [2.45, 2.75) is 0 Å². The summed E-state index contributed by atoms with van der Waals surface area (Å²) in [6.07, 6.45) is 0. The van der Waals surface area contributed by atoms with Gasteiger partial charge in [0.1, 0.15) is 5.69 Å². The van der Waals surface area contributed by atoms with Crippen molar-refractivity contribution >= 4 is 57.2 Å². The minimum atomic E-state index is 0.641. The van der Waals surface area contributed by atoms with Crippen molar-refractivity contribution in [1.82, 2.24) is 0 Å². The average Bonchev–Trinajstić information content (AvgIpc) is 2.30. The summed E-state index contributed by atoms with van der Waals surface area (Å²) in [6.45, 7) is 0. The summed E-state index contributed by atoms with van der Waals surface area (Å²) in [7, 11) is 0. The lowest BCUT2D eigenvalue weighted by atomic mass is 10.3. The number of benzene rings is 2. The monoisotopic (exact) mass is 376 g/mol. The number of azo groups is 1. The Morgan fingerprint density at radius 2 is 1.65 bits per heavy atom. The molecule has 0 N–H and O–H groups in total. The van der Waals surface area contributed by atoms with E-state index in [4.69, 9.17) is 23.2 Å². The van der Waals surface area contributed by atoms with E-state index < -0.39 is 0 Å². The van der Waals surface area contributed by atoms with E-state index in [-0.39, 0.29) is 0 Å². The van der Waals surface area contributed by atoms with Gasteiger partial charge in [-0.3, -0.25) is 0 Å². The lowest BCUT2D eigenvalue weighted by Gasteiger charge is -1.98. The molecule has 0 unspecified atom stereocenters. The highest BCUT2D eigenvalue weighted by Gasteiger charge is 1.99. The number of hydrogen-bond donors (Lipinski definition) is 0. The predicted molar refractivity (Wildman–Crippen MR) is 79.8 cm³/mol. The molecular weight excluding hydrogens is 370 g/mol. The molecule has 0 saturated heterocycles. The van der Waals surface area contributed by atoms with Gasteiger partial charge in [0.2, 0.25) is 0 Å². The predicted octanol–water partition coefficient (Wildman–Crippen LogP) is 6.01. The van der Waals surface area contributed by atoms with Crippen LogP contribution in [0.4, 0.5) is 11.4 Å². The van der Waals surface area contributed by atoms with Gasteiger partial charge in [0.15, 0.2) is 0 Å². The number of nitrogens with zero attached hydrogens (tertiary/aromatic N) is 2. The smallest absolute Gasteiger partial charge is 0.100 e. The molecule has 0 radical (unpaired) electrons. The third-order valence-electron chi connectivity index (χ3n) is 1.99. The van der Waals surface area contributed by atoms with Gasteiger partial charge in [0.05, 0.1) is 5.69 Å². The topological polar surface area (TPSA) is 24.7 Å². The third kappa shape index (κ3) is 3.66. The minimum absolute atomic E-state index is 0.641. The molecule has 0 aliphatic carbocycles. The molecule has 0 bridgehead atoms. The van der Waals surface area contributed by atoms with E-state index in [0.717, 1.165) is 9.26 Å². The van der Waals surface area contributed by atoms with E-state index in [1.165, 1.54) is 0 Å². The van der Waals surface area contributed by atoms with Crippen molar-refractivity contribution in [2.75, 3.05) is 0 Å². The Morgan fingerprint density at radius 1 is 0.882 bits per heavy atom. The van der Waals surface area contributed by atoms with Crippen molar-refractivity contribution in [1.29, 1.82) is 0 Å².